The standard InChI is InChI=1S/C36H32ClN7O7S/c1-17-28-30(19-9-11-20(37)12-10-19)39-23(16-27(47)51-3)32-42-41-18(2)43(32)36(28)52-31(17)25(45)8-5-15-38-22-7-4-6-21-29(22)35(50)44(34(21)49)24-13-14-26(46)40-33(24)48/h4,6-7,9-12,23-24,38H,5,8,13-16H2,1-3H3,(H,40,46,48)/t23-,24?/m0/s1. The number of aryl methyl sites for hydroxylation is 1. The maximum absolute atomic E-state index is 13.9. The highest BCUT2D eigenvalue weighted by Crippen LogP contribution is 2.41. The van der Waals surface area contributed by atoms with Crippen LogP contribution < -0.4 is 10.6 Å². The molecular formula is C36H32ClN7O7S. The van der Waals surface area contributed by atoms with Crippen molar-refractivity contribution in [3.8, 4) is 5.00 Å². The minimum atomic E-state index is -1.07. The number of thiophene rings is 1. The van der Waals surface area contributed by atoms with Gasteiger partial charge in [0.25, 0.3) is 11.8 Å². The summed E-state index contributed by atoms with van der Waals surface area (Å²) < 4.78 is 6.81. The first-order chi connectivity index (χ1) is 25.0. The molecule has 266 valence electrons. The van der Waals surface area contributed by atoms with Gasteiger partial charge in [0.2, 0.25) is 11.8 Å². The lowest BCUT2D eigenvalue weighted by molar-refractivity contribution is -0.141. The minimum Gasteiger partial charge on any atom is -0.469 e. The summed E-state index contributed by atoms with van der Waals surface area (Å²) in [7, 11) is 1.32. The number of amides is 4. The number of anilines is 1. The largest absolute Gasteiger partial charge is 0.469 e. The number of rotatable bonds is 10. The van der Waals surface area contributed by atoms with Crippen LogP contribution in [0, 0.1) is 13.8 Å². The number of halogens is 1. The van der Waals surface area contributed by atoms with E-state index in [1.54, 1.807) is 31.2 Å². The van der Waals surface area contributed by atoms with Crippen molar-refractivity contribution in [2.24, 2.45) is 4.99 Å². The number of hydrogen-bond donors (Lipinski definition) is 2. The van der Waals surface area contributed by atoms with Crippen LogP contribution in [-0.4, -0.2) is 80.5 Å². The SMILES string of the molecule is COC(=O)C[C@@H]1N=C(c2ccc(Cl)cc2)c2c(sc(C(=O)CCCNc3cccc4c3C(=O)N(C3CCC(=O)NC3=O)C4=O)c2C)-n2c(C)nnc21. The number of carbonyl (C=O) groups excluding carboxylic acids is 6. The van der Waals surface area contributed by atoms with Crippen LogP contribution in [0.4, 0.5) is 5.69 Å². The van der Waals surface area contributed by atoms with Gasteiger partial charge in [0.05, 0.1) is 35.2 Å². The van der Waals surface area contributed by atoms with Crippen molar-refractivity contribution in [2.45, 2.75) is 58.0 Å². The third kappa shape index (κ3) is 6.09. The number of Topliss-reactive ketones (excluding diaryl/α,β-unsaturated/α-hetero) is 1. The highest BCUT2D eigenvalue weighted by Gasteiger charge is 2.45. The van der Waals surface area contributed by atoms with Crippen molar-refractivity contribution in [3.63, 3.8) is 0 Å². The predicted octanol–water partition coefficient (Wildman–Crippen LogP) is 4.53. The number of esters is 1. The first kappa shape index (κ1) is 34.9. The Kier molecular flexibility index (Phi) is 9.31. The zero-order valence-electron chi connectivity index (χ0n) is 28.3. The zero-order chi connectivity index (χ0) is 36.8. The molecule has 0 spiro atoms. The summed E-state index contributed by atoms with van der Waals surface area (Å²) in [6.07, 6.45) is 0.605. The van der Waals surface area contributed by atoms with E-state index in [0.29, 0.717) is 50.9 Å². The Hall–Kier alpha value is -5.54. The van der Waals surface area contributed by atoms with Crippen LogP contribution in [0.15, 0.2) is 47.5 Å². The Bertz CT molecular complexity index is 2230. The Morgan fingerprint density at radius 3 is 2.54 bits per heavy atom. The van der Waals surface area contributed by atoms with Gasteiger partial charge in [-0.3, -0.25) is 48.5 Å². The summed E-state index contributed by atoms with van der Waals surface area (Å²) in [5.41, 5.74) is 3.53. The van der Waals surface area contributed by atoms with Crippen LogP contribution in [0.25, 0.3) is 5.00 Å². The zero-order valence-corrected chi connectivity index (χ0v) is 29.9. The number of aromatic nitrogens is 3. The molecule has 2 atom stereocenters. The fraction of sp³-hybridized carbons (Fsp3) is 0.306. The van der Waals surface area contributed by atoms with E-state index in [0.717, 1.165) is 21.6 Å². The highest BCUT2D eigenvalue weighted by molar-refractivity contribution is 7.17. The Morgan fingerprint density at radius 1 is 1.04 bits per heavy atom. The van der Waals surface area contributed by atoms with Crippen molar-refractivity contribution >= 4 is 69.7 Å². The van der Waals surface area contributed by atoms with E-state index in [9.17, 15) is 28.8 Å². The number of nitrogens with zero attached hydrogens (tertiary/aromatic N) is 5. The van der Waals surface area contributed by atoms with Gasteiger partial charge in [0.1, 0.15) is 22.9 Å². The van der Waals surface area contributed by atoms with Gasteiger partial charge in [0, 0.05) is 41.2 Å². The molecule has 5 heterocycles. The Labute approximate surface area is 306 Å². The van der Waals surface area contributed by atoms with Crippen LogP contribution in [0.2, 0.25) is 5.02 Å². The molecule has 1 saturated heterocycles. The molecule has 1 fully saturated rings. The number of methoxy groups -OCH3 is 1. The maximum Gasteiger partial charge on any atom is 0.308 e. The van der Waals surface area contributed by atoms with Crippen LogP contribution >= 0.6 is 22.9 Å². The number of ether oxygens (including phenoxy) is 1. The normalized spacial score (nSPS) is 17.9. The molecule has 2 N–H and O–H groups in total. The molecule has 7 rings (SSSR count). The van der Waals surface area contributed by atoms with Crippen LogP contribution in [0.1, 0.15) is 96.9 Å². The lowest BCUT2D eigenvalue weighted by Gasteiger charge is -2.27. The van der Waals surface area contributed by atoms with Gasteiger partial charge in [0.15, 0.2) is 11.6 Å². The first-order valence-corrected chi connectivity index (χ1v) is 17.8. The second kappa shape index (κ2) is 13.9. The van der Waals surface area contributed by atoms with Gasteiger partial charge in [-0.15, -0.1) is 21.5 Å². The third-order valence-corrected chi connectivity index (χ3v) is 10.9. The molecule has 52 heavy (non-hydrogen) atoms. The van der Waals surface area contributed by atoms with Gasteiger partial charge < -0.3 is 10.1 Å². The number of nitrogens with one attached hydrogen (secondary N) is 2. The molecule has 3 aliphatic rings. The van der Waals surface area contributed by atoms with Crippen molar-refractivity contribution in [2.75, 3.05) is 19.0 Å². The van der Waals surface area contributed by atoms with Gasteiger partial charge in [-0.2, -0.15) is 0 Å². The van der Waals surface area contributed by atoms with Crippen molar-refractivity contribution < 1.29 is 33.5 Å². The number of aliphatic imine (C=N–C) groups is 1. The number of ketones is 1. The average Bonchev–Trinajstić information content (AvgIpc) is 3.72. The van der Waals surface area contributed by atoms with E-state index in [1.165, 1.54) is 24.5 Å². The Balaban J connectivity index is 1.12. The number of hydrogen-bond acceptors (Lipinski definition) is 12. The molecule has 2 aromatic carbocycles. The van der Waals surface area contributed by atoms with E-state index < -0.39 is 41.7 Å². The molecule has 0 radical (unpaired) electrons. The van der Waals surface area contributed by atoms with Gasteiger partial charge in [-0.1, -0.05) is 29.8 Å². The average molecular weight is 742 g/mol. The highest BCUT2D eigenvalue weighted by atomic mass is 35.5. The summed E-state index contributed by atoms with van der Waals surface area (Å²) in [4.78, 5) is 83.6. The van der Waals surface area contributed by atoms with E-state index in [1.807, 2.05) is 23.6 Å². The van der Waals surface area contributed by atoms with Crippen molar-refractivity contribution in [3.05, 3.63) is 91.8 Å². The van der Waals surface area contributed by atoms with Crippen molar-refractivity contribution in [1.29, 1.82) is 0 Å². The van der Waals surface area contributed by atoms with E-state index in [-0.39, 0.29) is 42.6 Å². The number of imide groups is 2. The molecule has 14 nitrogen and oxygen atoms in total. The number of piperidine rings is 1. The van der Waals surface area contributed by atoms with E-state index in [4.69, 9.17) is 21.3 Å². The number of benzene rings is 2. The molecule has 0 saturated carbocycles. The second-order valence-corrected chi connectivity index (χ2v) is 14.0. The monoisotopic (exact) mass is 741 g/mol. The maximum atomic E-state index is 13.9. The third-order valence-electron chi connectivity index (χ3n) is 9.32. The fourth-order valence-corrected chi connectivity index (χ4v) is 8.24. The number of fused-ring (bicyclic) bond motifs is 4. The summed E-state index contributed by atoms with van der Waals surface area (Å²) >= 11 is 7.52. The van der Waals surface area contributed by atoms with Crippen LogP contribution in [0.3, 0.4) is 0 Å². The van der Waals surface area contributed by atoms with Crippen LogP contribution in [-0.2, 0) is 19.1 Å². The summed E-state index contributed by atoms with van der Waals surface area (Å²) in [6, 6.07) is 10.3. The quantitative estimate of drug-likeness (QED) is 0.101. The molecule has 4 aromatic rings. The topological polar surface area (TPSA) is 182 Å². The summed E-state index contributed by atoms with van der Waals surface area (Å²) in [5.74, 6) is -1.85. The minimum absolute atomic E-state index is 0.0286. The molecule has 3 aliphatic heterocycles. The lowest BCUT2D eigenvalue weighted by atomic mass is 9.98. The molecule has 4 amide bonds. The molecule has 1 unspecified atom stereocenters. The van der Waals surface area contributed by atoms with Gasteiger partial charge in [-0.25, -0.2) is 0 Å². The molecule has 0 bridgehead atoms. The molecule has 2 aromatic heterocycles. The summed E-state index contributed by atoms with van der Waals surface area (Å²) in [6.45, 7) is 3.98. The Morgan fingerprint density at radius 2 is 1.81 bits per heavy atom. The molecular weight excluding hydrogens is 710 g/mol. The van der Waals surface area contributed by atoms with E-state index in [2.05, 4.69) is 20.8 Å². The van der Waals surface area contributed by atoms with Crippen LogP contribution in [0.5, 0.6) is 0 Å². The molecule has 16 heteroatoms. The first-order valence-electron chi connectivity index (χ1n) is 16.6. The fourth-order valence-electron chi connectivity index (χ4n) is 6.78. The molecule has 0 aliphatic carbocycles. The van der Waals surface area contributed by atoms with Gasteiger partial charge >= 0.3 is 5.97 Å². The summed E-state index contributed by atoms with van der Waals surface area (Å²) in [5, 5.41) is 15.3. The predicted molar refractivity (Wildman–Crippen MR) is 190 cm³/mol. The lowest BCUT2D eigenvalue weighted by Crippen LogP contribution is -2.54. The van der Waals surface area contributed by atoms with Gasteiger partial charge in [-0.05, 0) is 56.5 Å². The second-order valence-electron chi connectivity index (χ2n) is 12.6. The number of carbonyl (C=O) groups is 6. The van der Waals surface area contributed by atoms with E-state index >= 15 is 0 Å². The smallest absolute Gasteiger partial charge is 0.308 e. The van der Waals surface area contributed by atoms with Crippen molar-refractivity contribution in [1.82, 2.24) is 25.0 Å².